The Labute approximate surface area is 113 Å². The van der Waals surface area contributed by atoms with E-state index in [0.29, 0.717) is 10.3 Å². The lowest BCUT2D eigenvalue weighted by atomic mass is 10.3. The summed E-state index contributed by atoms with van der Waals surface area (Å²) in [7, 11) is -3.67. The first-order valence-corrected chi connectivity index (χ1v) is 7.33. The fraction of sp³-hybridized carbons (Fsp3) is 0.200. The Morgan fingerprint density at radius 2 is 2.06 bits per heavy atom. The highest BCUT2D eigenvalue weighted by atomic mass is 79.9. The van der Waals surface area contributed by atoms with E-state index in [1.165, 1.54) is 18.5 Å². The van der Waals surface area contributed by atoms with E-state index in [9.17, 15) is 8.42 Å². The number of H-pyrrole nitrogens is 1. The number of sulfonamides is 1. The van der Waals surface area contributed by atoms with Crippen LogP contribution in [-0.4, -0.2) is 23.6 Å². The molecule has 2 rings (SSSR count). The minimum absolute atomic E-state index is 0.0805. The van der Waals surface area contributed by atoms with Crippen LogP contribution in [0.15, 0.2) is 27.8 Å². The molecule has 0 aromatic carbocycles. The van der Waals surface area contributed by atoms with Crippen LogP contribution in [0.1, 0.15) is 11.3 Å². The predicted molar refractivity (Wildman–Crippen MR) is 70.8 cm³/mol. The van der Waals surface area contributed by atoms with E-state index in [1.54, 1.807) is 6.92 Å². The molecule has 0 aliphatic heterocycles. The van der Waals surface area contributed by atoms with Gasteiger partial charge in [-0.15, -0.1) is 0 Å². The Hall–Kier alpha value is -1.41. The molecule has 0 atom stereocenters. The number of aryl methyl sites for hydroxylation is 1. The molecule has 6 nitrogen and oxygen atoms in total. The zero-order chi connectivity index (χ0) is 13.3. The summed E-state index contributed by atoms with van der Waals surface area (Å²) in [5.41, 5.74) is 1.58. The number of pyridine rings is 1. The average Bonchev–Trinajstić information content (AvgIpc) is 2.61. The molecule has 0 fully saturated rings. The smallest absolute Gasteiger partial charge is 0.264 e. The lowest BCUT2D eigenvalue weighted by Crippen LogP contribution is -2.14. The quantitative estimate of drug-likeness (QED) is 0.900. The zero-order valence-corrected chi connectivity index (χ0v) is 12.1. The number of aromatic nitrogens is 3. The Bertz CT molecular complexity index is 681. The lowest BCUT2D eigenvalue weighted by molar-refractivity contribution is 0.600. The first-order valence-electron chi connectivity index (χ1n) is 5.05. The van der Waals surface area contributed by atoms with Crippen molar-refractivity contribution in [2.24, 2.45) is 0 Å². The molecule has 0 aliphatic rings. The summed E-state index contributed by atoms with van der Waals surface area (Å²) in [6.07, 6.45) is 2.80. The zero-order valence-electron chi connectivity index (χ0n) is 9.73. The Balaban J connectivity index is 2.36. The molecule has 0 amide bonds. The van der Waals surface area contributed by atoms with Crippen LogP contribution in [0.4, 0.5) is 5.82 Å². The molecule has 0 saturated heterocycles. The van der Waals surface area contributed by atoms with Crippen molar-refractivity contribution >= 4 is 31.8 Å². The minimum Gasteiger partial charge on any atom is -0.280 e. The van der Waals surface area contributed by atoms with Crippen molar-refractivity contribution in [3.8, 4) is 0 Å². The highest BCUT2D eigenvalue weighted by Gasteiger charge is 2.18. The van der Waals surface area contributed by atoms with Crippen LogP contribution in [0.2, 0.25) is 0 Å². The van der Waals surface area contributed by atoms with Crippen molar-refractivity contribution in [3.63, 3.8) is 0 Å². The predicted octanol–water partition coefficient (Wildman–Crippen LogP) is 1.98. The third kappa shape index (κ3) is 2.54. The van der Waals surface area contributed by atoms with E-state index in [4.69, 9.17) is 0 Å². The second-order valence-electron chi connectivity index (χ2n) is 3.77. The van der Waals surface area contributed by atoms with E-state index in [1.807, 2.05) is 6.92 Å². The molecule has 0 bridgehead atoms. The van der Waals surface area contributed by atoms with Crippen molar-refractivity contribution in [2.75, 3.05) is 4.72 Å². The molecule has 0 radical (unpaired) electrons. The van der Waals surface area contributed by atoms with Gasteiger partial charge < -0.3 is 0 Å². The highest BCUT2D eigenvalue weighted by molar-refractivity contribution is 9.10. The minimum atomic E-state index is -3.67. The molecule has 0 unspecified atom stereocenters. The number of aromatic amines is 1. The summed E-state index contributed by atoms with van der Waals surface area (Å²) in [6, 6.07) is 1.48. The molecule has 96 valence electrons. The fourth-order valence-electron chi connectivity index (χ4n) is 1.31. The second-order valence-corrected chi connectivity index (χ2v) is 6.36. The largest absolute Gasteiger partial charge is 0.280 e. The Morgan fingerprint density at radius 1 is 1.33 bits per heavy atom. The van der Waals surface area contributed by atoms with Gasteiger partial charge in [-0.05, 0) is 35.8 Å². The summed E-state index contributed by atoms with van der Waals surface area (Å²) in [6.45, 7) is 3.61. The van der Waals surface area contributed by atoms with Gasteiger partial charge in [0.25, 0.3) is 10.0 Å². The third-order valence-corrected chi connectivity index (χ3v) is 4.21. The normalized spacial score (nSPS) is 11.5. The molecule has 0 spiro atoms. The van der Waals surface area contributed by atoms with Gasteiger partial charge >= 0.3 is 0 Å². The van der Waals surface area contributed by atoms with Crippen LogP contribution in [0, 0.1) is 13.8 Å². The van der Waals surface area contributed by atoms with Gasteiger partial charge in [0.2, 0.25) is 0 Å². The van der Waals surface area contributed by atoms with E-state index in [0.717, 1.165) is 11.3 Å². The third-order valence-electron chi connectivity index (χ3n) is 2.47. The maximum Gasteiger partial charge on any atom is 0.264 e. The van der Waals surface area contributed by atoms with E-state index >= 15 is 0 Å². The number of nitrogens with zero attached hydrogens (tertiary/aromatic N) is 2. The summed E-state index contributed by atoms with van der Waals surface area (Å²) in [5, 5.41) is 6.62. The number of anilines is 1. The van der Waals surface area contributed by atoms with Crippen LogP contribution < -0.4 is 4.72 Å². The molecule has 2 heterocycles. The molecule has 0 saturated carbocycles. The van der Waals surface area contributed by atoms with E-state index < -0.39 is 10.0 Å². The van der Waals surface area contributed by atoms with Gasteiger partial charge in [-0.3, -0.25) is 14.8 Å². The van der Waals surface area contributed by atoms with Crippen LogP contribution >= 0.6 is 15.9 Å². The lowest BCUT2D eigenvalue weighted by Gasteiger charge is -2.06. The van der Waals surface area contributed by atoms with Crippen molar-refractivity contribution in [2.45, 2.75) is 18.7 Å². The average molecular weight is 331 g/mol. The van der Waals surface area contributed by atoms with Gasteiger partial charge in [0, 0.05) is 28.1 Å². The Morgan fingerprint density at radius 3 is 2.61 bits per heavy atom. The SMILES string of the molecule is Cc1[nH]nc(NS(=O)(=O)c2cncc(Br)c2)c1C. The van der Waals surface area contributed by atoms with Crippen LogP contribution in [0.25, 0.3) is 0 Å². The standard InChI is InChI=1S/C10H11BrN4O2S/c1-6-7(2)13-14-10(6)15-18(16,17)9-3-8(11)4-12-5-9/h3-5H,1-2H3,(H2,13,14,15). The van der Waals surface area contributed by atoms with Crippen LogP contribution in [0.3, 0.4) is 0 Å². The molecule has 2 aromatic heterocycles. The highest BCUT2D eigenvalue weighted by Crippen LogP contribution is 2.20. The van der Waals surface area contributed by atoms with Gasteiger partial charge in [0.05, 0.1) is 0 Å². The maximum atomic E-state index is 12.1. The summed E-state index contributed by atoms with van der Waals surface area (Å²) in [5.74, 6) is 0.299. The molecule has 0 aliphatic carbocycles. The fourth-order valence-corrected chi connectivity index (χ4v) is 2.88. The van der Waals surface area contributed by atoms with Crippen molar-refractivity contribution < 1.29 is 8.42 Å². The van der Waals surface area contributed by atoms with Gasteiger partial charge in [0.1, 0.15) is 4.90 Å². The summed E-state index contributed by atoms with van der Waals surface area (Å²) >= 11 is 3.18. The van der Waals surface area contributed by atoms with Crippen molar-refractivity contribution in [3.05, 3.63) is 34.2 Å². The molecule has 2 N–H and O–H groups in total. The van der Waals surface area contributed by atoms with Crippen LogP contribution in [-0.2, 0) is 10.0 Å². The number of nitrogens with one attached hydrogen (secondary N) is 2. The summed E-state index contributed by atoms with van der Waals surface area (Å²) < 4.78 is 27.2. The molecule has 2 aromatic rings. The Kier molecular flexibility index (Phi) is 3.40. The topological polar surface area (TPSA) is 87.7 Å². The number of halogens is 1. The first-order chi connectivity index (χ1) is 8.40. The van der Waals surface area contributed by atoms with Crippen LogP contribution in [0.5, 0.6) is 0 Å². The summed E-state index contributed by atoms with van der Waals surface area (Å²) in [4.78, 5) is 3.91. The number of hydrogen-bond donors (Lipinski definition) is 2. The monoisotopic (exact) mass is 330 g/mol. The maximum absolute atomic E-state index is 12.1. The molecular formula is C10H11BrN4O2S. The molecular weight excluding hydrogens is 320 g/mol. The second kappa shape index (κ2) is 4.69. The van der Waals surface area contributed by atoms with Gasteiger partial charge in [-0.25, -0.2) is 8.42 Å². The van der Waals surface area contributed by atoms with Gasteiger partial charge in [-0.1, -0.05) is 0 Å². The number of hydrogen-bond acceptors (Lipinski definition) is 4. The first kappa shape index (κ1) is 13.0. The van der Waals surface area contributed by atoms with E-state index in [-0.39, 0.29) is 4.90 Å². The van der Waals surface area contributed by atoms with E-state index in [2.05, 4.69) is 35.8 Å². The number of rotatable bonds is 3. The van der Waals surface area contributed by atoms with Crippen molar-refractivity contribution in [1.82, 2.24) is 15.2 Å². The van der Waals surface area contributed by atoms with Gasteiger partial charge in [0.15, 0.2) is 5.82 Å². The van der Waals surface area contributed by atoms with Crippen molar-refractivity contribution in [1.29, 1.82) is 0 Å². The molecule has 18 heavy (non-hydrogen) atoms. The molecule has 8 heteroatoms. The van der Waals surface area contributed by atoms with Gasteiger partial charge in [-0.2, -0.15) is 5.10 Å².